The van der Waals surface area contributed by atoms with Crippen molar-refractivity contribution in [1.29, 1.82) is 0 Å². The molecular formula is C16H18NO5P. The van der Waals surface area contributed by atoms with Crippen molar-refractivity contribution in [1.82, 2.24) is 0 Å². The van der Waals surface area contributed by atoms with E-state index in [2.05, 4.69) is 5.32 Å². The van der Waals surface area contributed by atoms with Crippen molar-refractivity contribution >= 4 is 19.3 Å². The van der Waals surface area contributed by atoms with Gasteiger partial charge in [-0.1, -0.05) is 30.3 Å². The van der Waals surface area contributed by atoms with Crippen LogP contribution in [-0.4, -0.2) is 25.3 Å². The van der Waals surface area contributed by atoms with Crippen molar-refractivity contribution in [2.45, 2.75) is 5.78 Å². The number of carboxylic acid groups (broad SMARTS) is 1. The van der Waals surface area contributed by atoms with Gasteiger partial charge in [-0.2, -0.15) is 0 Å². The molecule has 2 rings (SSSR count). The summed E-state index contributed by atoms with van der Waals surface area (Å²) in [5.74, 6) is -1.72. The molecule has 0 aromatic heterocycles. The molecule has 0 bridgehead atoms. The van der Waals surface area contributed by atoms with Crippen LogP contribution < -0.4 is 5.32 Å². The Morgan fingerprint density at radius 2 is 1.61 bits per heavy atom. The van der Waals surface area contributed by atoms with E-state index in [1.54, 1.807) is 12.1 Å². The van der Waals surface area contributed by atoms with E-state index in [1.165, 1.54) is 26.4 Å². The molecule has 6 nitrogen and oxygen atoms in total. The van der Waals surface area contributed by atoms with E-state index < -0.39 is 19.3 Å². The van der Waals surface area contributed by atoms with Gasteiger partial charge in [0.1, 0.15) is 0 Å². The minimum atomic E-state index is -3.44. The molecule has 0 heterocycles. The summed E-state index contributed by atoms with van der Waals surface area (Å²) in [6, 6.07) is 15.3. The molecule has 0 amide bonds. The molecule has 1 atom stereocenters. The lowest BCUT2D eigenvalue weighted by atomic mass is 10.2. The Morgan fingerprint density at radius 3 is 2.09 bits per heavy atom. The fourth-order valence-corrected chi connectivity index (χ4v) is 3.55. The van der Waals surface area contributed by atoms with Crippen molar-refractivity contribution < 1.29 is 23.5 Å². The van der Waals surface area contributed by atoms with Gasteiger partial charge >= 0.3 is 13.6 Å². The van der Waals surface area contributed by atoms with Gasteiger partial charge < -0.3 is 19.5 Å². The van der Waals surface area contributed by atoms with E-state index in [-0.39, 0.29) is 5.56 Å². The second-order valence-electron chi connectivity index (χ2n) is 4.75. The van der Waals surface area contributed by atoms with E-state index in [0.29, 0.717) is 5.69 Å². The third-order valence-corrected chi connectivity index (χ3v) is 5.45. The van der Waals surface area contributed by atoms with E-state index in [0.717, 1.165) is 5.56 Å². The average Bonchev–Trinajstić information content (AvgIpc) is 2.60. The summed E-state index contributed by atoms with van der Waals surface area (Å²) in [6.45, 7) is 0. The Morgan fingerprint density at radius 1 is 1.04 bits per heavy atom. The van der Waals surface area contributed by atoms with Crippen molar-refractivity contribution in [2.75, 3.05) is 19.5 Å². The van der Waals surface area contributed by atoms with E-state index >= 15 is 0 Å². The summed E-state index contributed by atoms with van der Waals surface area (Å²) >= 11 is 0. The molecule has 2 aromatic carbocycles. The maximum Gasteiger partial charge on any atom is 0.356 e. The van der Waals surface area contributed by atoms with E-state index in [4.69, 9.17) is 14.2 Å². The highest BCUT2D eigenvalue weighted by Gasteiger charge is 2.35. The van der Waals surface area contributed by atoms with Crippen molar-refractivity contribution in [3.8, 4) is 0 Å². The number of nitrogens with one attached hydrogen (secondary N) is 1. The highest BCUT2D eigenvalue weighted by Crippen LogP contribution is 2.59. The number of carbonyl (C=O) groups is 1. The molecule has 7 heteroatoms. The van der Waals surface area contributed by atoms with Crippen LogP contribution in [0.5, 0.6) is 0 Å². The Bertz CT molecular complexity index is 694. The smallest absolute Gasteiger partial charge is 0.356 e. The fourth-order valence-electron chi connectivity index (χ4n) is 2.13. The third kappa shape index (κ3) is 3.99. The largest absolute Gasteiger partial charge is 0.478 e. The number of hydrogen-bond donors (Lipinski definition) is 2. The first-order valence-corrected chi connectivity index (χ1v) is 8.47. The molecule has 122 valence electrons. The van der Waals surface area contributed by atoms with Crippen molar-refractivity contribution in [3.63, 3.8) is 0 Å². The highest BCUT2D eigenvalue weighted by atomic mass is 31.2. The summed E-state index contributed by atoms with van der Waals surface area (Å²) in [6.07, 6.45) is 0. The Labute approximate surface area is 134 Å². The predicted octanol–water partition coefficient (Wildman–Crippen LogP) is 3.98. The maximum atomic E-state index is 12.8. The SMILES string of the molecule is COP(=O)(OC)[C@H](Nc1ccc(C(=O)O)cc1)c1ccccc1. The standard InChI is InChI=1S/C16H18NO5P/c1-21-23(20,22-2)15(12-6-4-3-5-7-12)17-14-10-8-13(9-11-14)16(18)19/h3-11,15,17H,1-2H3,(H,18,19)/t15-/m0/s1. The van der Waals surface area contributed by atoms with Crippen molar-refractivity contribution in [2.24, 2.45) is 0 Å². The topological polar surface area (TPSA) is 84.9 Å². The zero-order valence-electron chi connectivity index (χ0n) is 12.8. The molecule has 0 spiro atoms. The normalized spacial score (nSPS) is 12.6. The summed E-state index contributed by atoms with van der Waals surface area (Å²) in [4.78, 5) is 10.9. The van der Waals surface area contributed by atoms with Crippen LogP contribution in [0.1, 0.15) is 21.7 Å². The summed E-state index contributed by atoms with van der Waals surface area (Å²) in [5, 5.41) is 12.0. The van der Waals surface area contributed by atoms with Crippen LogP contribution in [0.2, 0.25) is 0 Å². The lowest BCUT2D eigenvalue weighted by Gasteiger charge is -2.26. The first kappa shape index (κ1) is 17.2. The van der Waals surface area contributed by atoms with Gasteiger partial charge in [-0.05, 0) is 29.8 Å². The van der Waals surface area contributed by atoms with Crippen molar-refractivity contribution in [3.05, 3.63) is 65.7 Å². The van der Waals surface area contributed by atoms with E-state index in [1.807, 2.05) is 30.3 Å². The van der Waals surface area contributed by atoms with E-state index in [9.17, 15) is 9.36 Å². The first-order valence-electron chi connectivity index (χ1n) is 6.86. The number of hydrogen-bond acceptors (Lipinski definition) is 5. The number of rotatable bonds is 7. The van der Waals surface area contributed by atoms with Gasteiger partial charge in [0.25, 0.3) is 0 Å². The lowest BCUT2D eigenvalue weighted by Crippen LogP contribution is -2.13. The summed E-state index contributed by atoms with van der Waals surface area (Å²) < 4.78 is 23.1. The maximum absolute atomic E-state index is 12.8. The minimum absolute atomic E-state index is 0.175. The highest BCUT2D eigenvalue weighted by molar-refractivity contribution is 7.54. The van der Waals surface area contributed by atoms with Gasteiger partial charge in [0.2, 0.25) is 0 Å². The number of anilines is 1. The second-order valence-corrected chi connectivity index (χ2v) is 7.07. The molecule has 0 radical (unpaired) electrons. The second kappa shape index (κ2) is 7.42. The fraction of sp³-hybridized carbons (Fsp3) is 0.188. The number of benzene rings is 2. The van der Waals surface area contributed by atoms with Gasteiger partial charge in [-0.25, -0.2) is 4.79 Å². The minimum Gasteiger partial charge on any atom is -0.478 e. The molecule has 0 aliphatic rings. The Balaban J connectivity index is 2.35. The molecule has 0 unspecified atom stereocenters. The molecule has 0 saturated heterocycles. The van der Waals surface area contributed by atoms with Crippen LogP contribution in [0, 0.1) is 0 Å². The molecule has 0 saturated carbocycles. The Kier molecular flexibility index (Phi) is 5.55. The van der Waals surface area contributed by atoms with Crippen LogP contribution in [0.15, 0.2) is 54.6 Å². The molecular weight excluding hydrogens is 317 g/mol. The van der Waals surface area contributed by atoms with Gasteiger partial charge in [-0.15, -0.1) is 0 Å². The van der Waals surface area contributed by atoms with Crippen LogP contribution in [0.3, 0.4) is 0 Å². The lowest BCUT2D eigenvalue weighted by molar-refractivity contribution is 0.0697. The first-order chi connectivity index (χ1) is 11.0. The van der Waals surface area contributed by atoms with Gasteiger partial charge in [-0.3, -0.25) is 4.57 Å². The van der Waals surface area contributed by atoms with Gasteiger partial charge in [0.15, 0.2) is 5.78 Å². The van der Waals surface area contributed by atoms with Crippen LogP contribution in [0.4, 0.5) is 5.69 Å². The molecule has 2 N–H and O–H groups in total. The average molecular weight is 335 g/mol. The quantitative estimate of drug-likeness (QED) is 0.745. The number of carboxylic acids is 1. The molecule has 0 aliphatic carbocycles. The summed E-state index contributed by atoms with van der Waals surface area (Å²) in [5.41, 5.74) is 1.52. The van der Waals surface area contributed by atoms with Crippen LogP contribution >= 0.6 is 7.60 Å². The molecule has 0 fully saturated rings. The molecule has 23 heavy (non-hydrogen) atoms. The van der Waals surface area contributed by atoms with Crippen LogP contribution in [-0.2, 0) is 13.6 Å². The third-order valence-electron chi connectivity index (χ3n) is 3.38. The predicted molar refractivity (Wildman–Crippen MR) is 87.8 cm³/mol. The summed E-state index contributed by atoms with van der Waals surface area (Å²) in [7, 11) is -0.779. The Hall–Kier alpha value is -2.14. The van der Waals surface area contributed by atoms with Gasteiger partial charge in [0.05, 0.1) is 5.56 Å². The van der Waals surface area contributed by atoms with Gasteiger partial charge in [0, 0.05) is 19.9 Å². The number of aromatic carboxylic acids is 1. The zero-order chi connectivity index (χ0) is 16.9. The zero-order valence-corrected chi connectivity index (χ0v) is 13.7. The molecule has 2 aromatic rings. The van der Waals surface area contributed by atoms with Crippen LogP contribution in [0.25, 0.3) is 0 Å². The monoisotopic (exact) mass is 335 g/mol. The molecule has 0 aliphatic heterocycles.